The zero-order chi connectivity index (χ0) is 16.8. The number of ether oxygens (including phenoxy) is 1. The van der Waals surface area contributed by atoms with Crippen LogP contribution >= 0.6 is 0 Å². The number of likely N-dealkylation sites (N-methyl/N-ethyl adjacent to an activating group) is 1. The van der Waals surface area contributed by atoms with Crippen molar-refractivity contribution < 1.29 is 9.53 Å². The second-order valence-corrected chi connectivity index (χ2v) is 5.91. The van der Waals surface area contributed by atoms with Crippen LogP contribution in [0.15, 0.2) is 42.5 Å². The van der Waals surface area contributed by atoms with E-state index >= 15 is 0 Å². The van der Waals surface area contributed by atoms with Gasteiger partial charge in [0.2, 0.25) is 0 Å². The van der Waals surface area contributed by atoms with Gasteiger partial charge in [-0.1, -0.05) is 48.0 Å². The van der Waals surface area contributed by atoms with E-state index in [1.165, 1.54) is 5.56 Å². The summed E-state index contributed by atoms with van der Waals surface area (Å²) in [4.78, 5) is 14.3. The highest BCUT2D eigenvalue weighted by atomic mass is 16.5. The lowest BCUT2D eigenvalue weighted by Crippen LogP contribution is -2.34. The molecular formula is C20H25NO2. The summed E-state index contributed by atoms with van der Waals surface area (Å²) in [6, 6.07) is 14.2. The van der Waals surface area contributed by atoms with Crippen LogP contribution in [0.4, 0.5) is 0 Å². The van der Waals surface area contributed by atoms with Gasteiger partial charge in [0.25, 0.3) is 5.91 Å². The molecule has 0 aromatic heterocycles. The van der Waals surface area contributed by atoms with Crippen LogP contribution in [0, 0.1) is 20.8 Å². The van der Waals surface area contributed by atoms with Crippen LogP contribution < -0.4 is 4.74 Å². The molecule has 0 radical (unpaired) electrons. The summed E-state index contributed by atoms with van der Waals surface area (Å²) in [5.74, 6) is 0.829. The summed E-state index contributed by atoms with van der Waals surface area (Å²) in [6.45, 7) is 9.44. The number of rotatable bonds is 6. The summed E-state index contributed by atoms with van der Waals surface area (Å²) in [6.07, 6.45) is 0. The average Bonchev–Trinajstić information content (AvgIpc) is 2.52. The molecule has 2 rings (SSSR count). The van der Waals surface area contributed by atoms with E-state index in [9.17, 15) is 4.79 Å². The first kappa shape index (κ1) is 17.1. The van der Waals surface area contributed by atoms with Gasteiger partial charge in [-0.05, 0) is 44.4 Å². The molecule has 0 heterocycles. The van der Waals surface area contributed by atoms with E-state index in [4.69, 9.17) is 4.74 Å². The SMILES string of the molecule is CCN(Cc1ccccc1)C(=O)COc1c(C)cc(C)cc1C. The Hall–Kier alpha value is -2.29. The van der Waals surface area contributed by atoms with Crippen molar-refractivity contribution >= 4 is 5.91 Å². The Morgan fingerprint density at radius 3 is 2.22 bits per heavy atom. The van der Waals surface area contributed by atoms with Crippen molar-refractivity contribution in [3.63, 3.8) is 0 Å². The number of nitrogens with zero attached hydrogens (tertiary/aromatic N) is 1. The van der Waals surface area contributed by atoms with Crippen molar-refractivity contribution in [1.29, 1.82) is 0 Å². The molecule has 2 aromatic carbocycles. The van der Waals surface area contributed by atoms with Crippen molar-refractivity contribution in [2.45, 2.75) is 34.2 Å². The fourth-order valence-corrected chi connectivity index (χ4v) is 2.80. The Morgan fingerprint density at radius 1 is 1.04 bits per heavy atom. The van der Waals surface area contributed by atoms with E-state index in [0.29, 0.717) is 13.1 Å². The lowest BCUT2D eigenvalue weighted by Gasteiger charge is -2.22. The zero-order valence-electron chi connectivity index (χ0n) is 14.4. The largest absolute Gasteiger partial charge is 0.483 e. The summed E-state index contributed by atoms with van der Waals surface area (Å²) in [5, 5.41) is 0. The van der Waals surface area contributed by atoms with Crippen molar-refractivity contribution in [1.82, 2.24) is 4.90 Å². The summed E-state index contributed by atoms with van der Waals surface area (Å²) in [7, 11) is 0. The van der Waals surface area contributed by atoms with E-state index in [1.807, 2.05) is 56.0 Å². The van der Waals surface area contributed by atoms with Crippen LogP contribution in [0.2, 0.25) is 0 Å². The predicted octanol–water partition coefficient (Wildman–Crippen LogP) is 4.04. The van der Waals surface area contributed by atoms with Crippen LogP contribution in [0.1, 0.15) is 29.2 Å². The van der Waals surface area contributed by atoms with Gasteiger partial charge in [0.1, 0.15) is 5.75 Å². The number of carbonyl (C=O) groups excluding carboxylic acids is 1. The highest BCUT2D eigenvalue weighted by molar-refractivity contribution is 5.77. The third-order valence-corrected chi connectivity index (χ3v) is 3.90. The highest BCUT2D eigenvalue weighted by Gasteiger charge is 2.14. The fraction of sp³-hybridized carbons (Fsp3) is 0.350. The number of benzene rings is 2. The maximum atomic E-state index is 12.4. The van der Waals surface area contributed by atoms with Crippen LogP contribution in [-0.4, -0.2) is 24.0 Å². The minimum Gasteiger partial charge on any atom is -0.483 e. The van der Waals surface area contributed by atoms with Gasteiger partial charge in [0.15, 0.2) is 6.61 Å². The molecule has 0 atom stereocenters. The first-order chi connectivity index (χ1) is 11.0. The second kappa shape index (κ2) is 7.82. The first-order valence-electron chi connectivity index (χ1n) is 8.03. The molecule has 2 aromatic rings. The number of carbonyl (C=O) groups is 1. The number of amides is 1. The zero-order valence-corrected chi connectivity index (χ0v) is 14.4. The molecule has 0 fully saturated rings. The molecule has 1 amide bonds. The monoisotopic (exact) mass is 311 g/mol. The van der Waals surface area contributed by atoms with Gasteiger partial charge < -0.3 is 9.64 Å². The van der Waals surface area contributed by atoms with Crippen LogP contribution in [0.25, 0.3) is 0 Å². The molecule has 3 nitrogen and oxygen atoms in total. The van der Waals surface area contributed by atoms with Crippen molar-refractivity contribution in [3.05, 3.63) is 64.7 Å². The van der Waals surface area contributed by atoms with Crippen LogP contribution in [-0.2, 0) is 11.3 Å². The molecule has 0 aliphatic heterocycles. The van der Waals surface area contributed by atoms with Gasteiger partial charge >= 0.3 is 0 Å². The Morgan fingerprint density at radius 2 is 1.65 bits per heavy atom. The lowest BCUT2D eigenvalue weighted by molar-refractivity contribution is -0.133. The molecule has 0 saturated carbocycles. The fourth-order valence-electron chi connectivity index (χ4n) is 2.80. The van der Waals surface area contributed by atoms with Crippen molar-refractivity contribution in [2.75, 3.05) is 13.2 Å². The molecule has 23 heavy (non-hydrogen) atoms. The van der Waals surface area contributed by atoms with Crippen LogP contribution in [0.5, 0.6) is 5.75 Å². The van der Waals surface area contributed by atoms with E-state index in [1.54, 1.807) is 0 Å². The molecule has 122 valence electrons. The Labute approximate surface area is 138 Å². The highest BCUT2D eigenvalue weighted by Crippen LogP contribution is 2.24. The average molecular weight is 311 g/mol. The molecule has 0 saturated heterocycles. The maximum Gasteiger partial charge on any atom is 0.260 e. The van der Waals surface area contributed by atoms with Crippen molar-refractivity contribution in [3.8, 4) is 5.75 Å². The number of hydrogen-bond donors (Lipinski definition) is 0. The van der Waals surface area contributed by atoms with Gasteiger partial charge in [-0.2, -0.15) is 0 Å². The van der Waals surface area contributed by atoms with Crippen molar-refractivity contribution in [2.24, 2.45) is 0 Å². The van der Waals surface area contributed by atoms with E-state index in [-0.39, 0.29) is 12.5 Å². The van der Waals surface area contributed by atoms with E-state index < -0.39 is 0 Å². The normalized spacial score (nSPS) is 10.4. The number of aryl methyl sites for hydroxylation is 3. The van der Waals surface area contributed by atoms with Gasteiger partial charge in [-0.3, -0.25) is 4.79 Å². The molecule has 0 spiro atoms. The minimum absolute atomic E-state index is 0.00993. The van der Waals surface area contributed by atoms with Gasteiger partial charge in [-0.15, -0.1) is 0 Å². The minimum atomic E-state index is 0.00993. The third-order valence-electron chi connectivity index (χ3n) is 3.90. The summed E-state index contributed by atoms with van der Waals surface area (Å²) in [5.41, 5.74) is 4.48. The Balaban J connectivity index is 2.00. The Kier molecular flexibility index (Phi) is 5.80. The lowest BCUT2D eigenvalue weighted by atomic mass is 10.1. The molecule has 0 unspecified atom stereocenters. The topological polar surface area (TPSA) is 29.5 Å². The number of hydrogen-bond acceptors (Lipinski definition) is 2. The smallest absolute Gasteiger partial charge is 0.260 e. The predicted molar refractivity (Wildman–Crippen MR) is 93.7 cm³/mol. The standard InChI is InChI=1S/C20H25NO2/c1-5-21(13-18-9-7-6-8-10-18)19(22)14-23-20-16(3)11-15(2)12-17(20)4/h6-12H,5,13-14H2,1-4H3. The summed E-state index contributed by atoms with van der Waals surface area (Å²) < 4.78 is 5.81. The van der Waals surface area contributed by atoms with Gasteiger partial charge in [0, 0.05) is 13.1 Å². The van der Waals surface area contributed by atoms with Gasteiger partial charge in [-0.25, -0.2) is 0 Å². The summed E-state index contributed by atoms with van der Waals surface area (Å²) >= 11 is 0. The third kappa shape index (κ3) is 4.59. The molecular weight excluding hydrogens is 286 g/mol. The molecule has 0 aliphatic rings. The quantitative estimate of drug-likeness (QED) is 0.806. The van der Waals surface area contributed by atoms with E-state index in [0.717, 1.165) is 22.4 Å². The molecule has 0 N–H and O–H groups in total. The molecule has 0 aliphatic carbocycles. The molecule has 3 heteroatoms. The maximum absolute atomic E-state index is 12.4. The van der Waals surface area contributed by atoms with Crippen LogP contribution in [0.3, 0.4) is 0 Å². The second-order valence-electron chi connectivity index (χ2n) is 5.91. The Bertz CT molecular complexity index is 642. The molecule has 0 bridgehead atoms. The van der Waals surface area contributed by atoms with E-state index in [2.05, 4.69) is 19.1 Å². The van der Waals surface area contributed by atoms with Gasteiger partial charge in [0.05, 0.1) is 0 Å². The first-order valence-corrected chi connectivity index (χ1v) is 8.03.